The number of hydrogen-bond acceptors (Lipinski definition) is 6. The molecule has 0 saturated carbocycles. The quantitative estimate of drug-likeness (QED) is 0.423. The fraction of sp³-hybridized carbons (Fsp3) is 0.174. The minimum atomic E-state index is -0.447. The van der Waals surface area contributed by atoms with E-state index < -0.39 is 5.97 Å². The summed E-state index contributed by atoms with van der Waals surface area (Å²) in [5.41, 5.74) is 2.67. The molecule has 0 aliphatic rings. The Bertz CT molecular complexity index is 1260. The van der Waals surface area contributed by atoms with E-state index in [9.17, 15) is 9.59 Å². The van der Waals surface area contributed by atoms with Gasteiger partial charge in [-0.05, 0) is 41.5 Å². The van der Waals surface area contributed by atoms with Crippen molar-refractivity contribution in [3.05, 3.63) is 65.3 Å². The molecule has 0 radical (unpaired) electrons. The number of H-pyrrole nitrogens is 1. The van der Waals surface area contributed by atoms with Crippen LogP contribution < -0.4 is 10.1 Å². The number of aromatic nitrogens is 2. The molecule has 158 valence electrons. The van der Waals surface area contributed by atoms with E-state index in [-0.39, 0.29) is 11.8 Å². The Hall–Kier alpha value is -3.65. The molecule has 8 heteroatoms. The van der Waals surface area contributed by atoms with Gasteiger partial charge in [0.2, 0.25) is 5.91 Å². The summed E-state index contributed by atoms with van der Waals surface area (Å²) >= 11 is 1.33. The predicted octanol–water partition coefficient (Wildman–Crippen LogP) is 4.83. The number of hydrogen-bond donors (Lipinski definition) is 2. The zero-order chi connectivity index (χ0) is 22.0. The monoisotopic (exact) mass is 435 g/mol. The van der Waals surface area contributed by atoms with Gasteiger partial charge < -0.3 is 19.8 Å². The van der Waals surface area contributed by atoms with Crippen LogP contribution in [0.5, 0.6) is 5.75 Å². The van der Waals surface area contributed by atoms with Gasteiger partial charge in [-0.1, -0.05) is 24.3 Å². The molecule has 4 rings (SSSR count). The first kappa shape index (κ1) is 20.6. The Morgan fingerprint density at radius 3 is 2.65 bits per heavy atom. The van der Waals surface area contributed by atoms with E-state index in [0.717, 1.165) is 27.6 Å². The third kappa shape index (κ3) is 4.29. The summed E-state index contributed by atoms with van der Waals surface area (Å²) in [6.45, 7) is 1.86. The maximum Gasteiger partial charge on any atom is 0.354 e. The number of nitrogens with one attached hydrogen (secondary N) is 2. The first-order chi connectivity index (χ1) is 15.0. The highest BCUT2D eigenvalue weighted by atomic mass is 32.1. The molecule has 2 aromatic heterocycles. The van der Waals surface area contributed by atoms with Gasteiger partial charge in [-0.25, -0.2) is 9.78 Å². The van der Waals surface area contributed by atoms with Crippen molar-refractivity contribution in [3.8, 4) is 17.0 Å². The van der Waals surface area contributed by atoms with Gasteiger partial charge in [-0.2, -0.15) is 0 Å². The van der Waals surface area contributed by atoms with Crippen molar-refractivity contribution in [2.24, 2.45) is 0 Å². The fourth-order valence-corrected chi connectivity index (χ4v) is 3.96. The van der Waals surface area contributed by atoms with Crippen LogP contribution in [0.2, 0.25) is 0 Å². The standard InChI is InChI=1S/C23H21N3O4S/c1-13(14-4-5-16-9-18(29-2)7-6-15(16)8-14)21(27)26-23-25-20(12-31-23)17-10-19(24-11-17)22(28)30-3/h4-13,24H,1-3H3,(H,25,26,27)/t13-/m0/s1. The molecule has 2 heterocycles. The Morgan fingerprint density at radius 1 is 1.10 bits per heavy atom. The van der Waals surface area contributed by atoms with Crippen molar-refractivity contribution in [2.75, 3.05) is 19.5 Å². The molecule has 2 N–H and O–H groups in total. The number of ether oxygens (including phenoxy) is 2. The average molecular weight is 436 g/mol. The van der Waals surface area contributed by atoms with E-state index in [1.807, 2.05) is 48.7 Å². The molecule has 7 nitrogen and oxygen atoms in total. The summed E-state index contributed by atoms with van der Waals surface area (Å²) < 4.78 is 9.96. The number of rotatable bonds is 6. The van der Waals surface area contributed by atoms with E-state index in [1.165, 1.54) is 18.4 Å². The summed E-state index contributed by atoms with van der Waals surface area (Å²) in [7, 11) is 2.97. The maximum absolute atomic E-state index is 12.8. The van der Waals surface area contributed by atoms with Crippen LogP contribution in [0.4, 0.5) is 5.13 Å². The second-order valence-corrected chi connectivity index (χ2v) is 7.87. The summed E-state index contributed by atoms with van der Waals surface area (Å²) in [5, 5.41) is 7.31. The van der Waals surface area contributed by atoms with Crippen molar-refractivity contribution in [1.29, 1.82) is 0 Å². The molecule has 4 aromatic rings. The third-order valence-corrected chi connectivity index (χ3v) is 5.84. The SMILES string of the molecule is COC(=O)c1cc(-c2csc(NC(=O)[C@@H](C)c3ccc4cc(OC)ccc4c3)n2)c[nH]1. The second-order valence-electron chi connectivity index (χ2n) is 7.01. The minimum Gasteiger partial charge on any atom is -0.497 e. The van der Waals surface area contributed by atoms with Crippen LogP contribution in [0.3, 0.4) is 0 Å². The maximum atomic E-state index is 12.8. The molecular formula is C23H21N3O4S. The predicted molar refractivity (Wildman–Crippen MR) is 121 cm³/mol. The fourth-order valence-electron chi connectivity index (χ4n) is 3.24. The van der Waals surface area contributed by atoms with Crippen LogP contribution in [-0.2, 0) is 9.53 Å². The highest BCUT2D eigenvalue weighted by molar-refractivity contribution is 7.14. The summed E-state index contributed by atoms with van der Waals surface area (Å²) in [6, 6.07) is 13.5. The number of thiazole rings is 1. The first-order valence-corrected chi connectivity index (χ1v) is 10.5. The van der Waals surface area contributed by atoms with Crippen molar-refractivity contribution in [2.45, 2.75) is 12.8 Å². The van der Waals surface area contributed by atoms with Gasteiger partial charge in [0.15, 0.2) is 5.13 Å². The molecule has 0 saturated heterocycles. The topological polar surface area (TPSA) is 93.3 Å². The number of anilines is 1. The molecule has 0 bridgehead atoms. The van der Waals surface area contributed by atoms with E-state index in [0.29, 0.717) is 16.5 Å². The van der Waals surface area contributed by atoms with Crippen LogP contribution in [0.15, 0.2) is 54.0 Å². The minimum absolute atomic E-state index is 0.141. The number of esters is 1. The van der Waals surface area contributed by atoms with Crippen molar-refractivity contribution in [3.63, 3.8) is 0 Å². The van der Waals surface area contributed by atoms with Gasteiger partial charge in [0, 0.05) is 17.1 Å². The van der Waals surface area contributed by atoms with Gasteiger partial charge in [-0.3, -0.25) is 4.79 Å². The Balaban J connectivity index is 1.47. The number of amides is 1. The van der Waals surface area contributed by atoms with Gasteiger partial charge >= 0.3 is 5.97 Å². The third-order valence-electron chi connectivity index (χ3n) is 5.08. The van der Waals surface area contributed by atoms with Gasteiger partial charge in [0.1, 0.15) is 11.4 Å². The van der Waals surface area contributed by atoms with Crippen LogP contribution in [-0.4, -0.2) is 36.1 Å². The van der Waals surface area contributed by atoms with Crippen molar-refractivity contribution in [1.82, 2.24) is 9.97 Å². The molecule has 1 atom stereocenters. The number of fused-ring (bicyclic) bond motifs is 1. The van der Waals surface area contributed by atoms with E-state index >= 15 is 0 Å². The van der Waals surface area contributed by atoms with Crippen LogP contribution in [0.25, 0.3) is 22.0 Å². The highest BCUT2D eigenvalue weighted by Gasteiger charge is 2.18. The normalized spacial score (nSPS) is 11.8. The smallest absolute Gasteiger partial charge is 0.354 e. The van der Waals surface area contributed by atoms with E-state index in [2.05, 4.69) is 15.3 Å². The lowest BCUT2D eigenvalue weighted by atomic mass is 9.97. The number of carbonyl (C=O) groups excluding carboxylic acids is 2. The van der Waals surface area contributed by atoms with Crippen molar-refractivity contribution >= 4 is 39.1 Å². The van der Waals surface area contributed by atoms with Gasteiger partial charge in [0.25, 0.3) is 0 Å². The van der Waals surface area contributed by atoms with E-state index in [4.69, 9.17) is 9.47 Å². The molecule has 2 aromatic carbocycles. The van der Waals surface area contributed by atoms with E-state index in [1.54, 1.807) is 19.4 Å². The molecular weight excluding hydrogens is 414 g/mol. The number of nitrogens with zero attached hydrogens (tertiary/aromatic N) is 1. The number of carbonyl (C=O) groups is 2. The Labute approximate surface area is 183 Å². The molecule has 1 amide bonds. The van der Waals surface area contributed by atoms with Crippen LogP contribution in [0.1, 0.15) is 28.9 Å². The summed E-state index contributed by atoms with van der Waals surface area (Å²) in [5.74, 6) is -0.139. The van der Waals surface area contributed by atoms with Crippen LogP contribution in [0, 0.1) is 0 Å². The first-order valence-electron chi connectivity index (χ1n) is 9.59. The molecule has 31 heavy (non-hydrogen) atoms. The largest absolute Gasteiger partial charge is 0.497 e. The molecule has 0 aliphatic heterocycles. The summed E-state index contributed by atoms with van der Waals surface area (Å²) in [6.07, 6.45) is 1.68. The number of aromatic amines is 1. The molecule has 0 unspecified atom stereocenters. The molecule has 0 spiro atoms. The van der Waals surface area contributed by atoms with Crippen LogP contribution >= 0.6 is 11.3 Å². The average Bonchev–Trinajstić information content (AvgIpc) is 3.47. The number of methoxy groups -OCH3 is 2. The lowest BCUT2D eigenvalue weighted by Crippen LogP contribution is -2.18. The number of benzene rings is 2. The molecule has 0 aliphatic carbocycles. The van der Waals surface area contributed by atoms with Gasteiger partial charge in [0.05, 0.1) is 25.8 Å². The van der Waals surface area contributed by atoms with Gasteiger partial charge in [-0.15, -0.1) is 11.3 Å². The lowest BCUT2D eigenvalue weighted by molar-refractivity contribution is -0.117. The molecule has 0 fully saturated rings. The zero-order valence-electron chi connectivity index (χ0n) is 17.3. The summed E-state index contributed by atoms with van der Waals surface area (Å²) in [4.78, 5) is 31.7. The Kier molecular flexibility index (Phi) is 5.73. The zero-order valence-corrected chi connectivity index (χ0v) is 18.1. The second kappa shape index (κ2) is 8.61. The Morgan fingerprint density at radius 2 is 1.87 bits per heavy atom. The lowest BCUT2D eigenvalue weighted by Gasteiger charge is -2.12. The van der Waals surface area contributed by atoms with Crippen molar-refractivity contribution < 1.29 is 19.1 Å². The highest BCUT2D eigenvalue weighted by Crippen LogP contribution is 2.28.